The summed E-state index contributed by atoms with van der Waals surface area (Å²) in [6.45, 7) is 3.99. The van der Waals surface area contributed by atoms with Crippen molar-refractivity contribution < 1.29 is 9.59 Å². The number of hydrogen-bond acceptors (Lipinski definition) is 2. The maximum Gasteiger partial charge on any atom is 0.222 e. The van der Waals surface area contributed by atoms with Crippen molar-refractivity contribution in [3.8, 4) is 0 Å². The zero-order chi connectivity index (χ0) is 15.8. The molecule has 118 valence electrons. The number of likely N-dealkylation sites (tertiary alicyclic amines) is 1. The number of allylic oxidation sites excluding steroid dienone is 1. The Morgan fingerprint density at radius 2 is 1.82 bits per heavy atom. The molecule has 1 aliphatic rings. The Kier molecular flexibility index (Phi) is 6.38. The minimum atomic E-state index is 0.0870. The summed E-state index contributed by atoms with van der Waals surface area (Å²) in [5.74, 6) is 1.02. The van der Waals surface area contributed by atoms with Gasteiger partial charge in [-0.3, -0.25) is 9.59 Å². The third-order valence-corrected chi connectivity index (χ3v) is 4.21. The minimum Gasteiger partial charge on any atom is -0.343 e. The quantitative estimate of drug-likeness (QED) is 0.751. The van der Waals surface area contributed by atoms with Gasteiger partial charge in [-0.1, -0.05) is 43.3 Å². The Morgan fingerprint density at radius 1 is 1.14 bits per heavy atom. The standard InChI is InChI=1S/C19H25NO2/c1-16-12-14-20(15-13-16)19(22)9-5-8-18(21)11-10-17-6-3-2-4-7-17/h2-4,6-7,10-11,16H,5,8-9,12-15H2,1H3/b11-10+. The Balaban J connectivity index is 1.66. The summed E-state index contributed by atoms with van der Waals surface area (Å²) in [6.07, 6.45) is 7.22. The molecule has 1 heterocycles. The van der Waals surface area contributed by atoms with Gasteiger partial charge in [0, 0.05) is 25.9 Å². The number of ketones is 1. The number of carbonyl (C=O) groups is 2. The van der Waals surface area contributed by atoms with Gasteiger partial charge in [0.25, 0.3) is 0 Å². The molecule has 0 radical (unpaired) electrons. The normalized spacial score (nSPS) is 16.1. The molecule has 1 aromatic rings. The van der Waals surface area contributed by atoms with Crippen LogP contribution < -0.4 is 0 Å². The van der Waals surface area contributed by atoms with Crippen molar-refractivity contribution >= 4 is 17.8 Å². The molecule has 22 heavy (non-hydrogen) atoms. The number of piperidine rings is 1. The van der Waals surface area contributed by atoms with E-state index in [-0.39, 0.29) is 11.7 Å². The molecule has 0 aromatic heterocycles. The maximum atomic E-state index is 12.1. The molecule has 0 bridgehead atoms. The number of hydrogen-bond donors (Lipinski definition) is 0. The Hall–Kier alpha value is -1.90. The molecular weight excluding hydrogens is 274 g/mol. The summed E-state index contributed by atoms with van der Waals surface area (Å²) in [5.41, 5.74) is 1.02. The lowest BCUT2D eigenvalue weighted by Crippen LogP contribution is -2.37. The minimum absolute atomic E-state index is 0.0870. The second kappa shape index (κ2) is 8.52. The summed E-state index contributed by atoms with van der Waals surface area (Å²) in [5, 5.41) is 0. The summed E-state index contributed by atoms with van der Waals surface area (Å²) < 4.78 is 0. The van der Waals surface area contributed by atoms with Gasteiger partial charge < -0.3 is 4.90 Å². The molecule has 1 amide bonds. The zero-order valence-corrected chi connectivity index (χ0v) is 13.3. The molecule has 0 saturated carbocycles. The molecule has 3 heteroatoms. The molecule has 0 aliphatic carbocycles. The molecule has 0 unspecified atom stereocenters. The maximum absolute atomic E-state index is 12.1. The van der Waals surface area contributed by atoms with Crippen LogP contribution in [0.3, 0.4) is 0 Å². The van der Waals surface area contributed by atoms with Gasteiger partial charge in [0.05, 0.1) is 0 Å². The van der Waals surface area contributed by atoms with E-state index in [0.717, 1.165) is 37.4 Å². The first-order valence-corrected chi connectivity index (χ1v) is 8.19. The molecule has 0 atom stereocenters. The predicted molar refractivity (Wildman–Crippen MR) is 89.3 cm³/mol. The van der Waals surface area contributed by atoms with E-state index in [0.29, 0.717) is 19.3 Å². The third-order valence-electron chi connectivity index (χ3n) is 4.21. The van der Waals surface area contributed by atoms with E-state index < -0.39 is 0 Å². The first-order valence-electron chi connectivity index (χ1n) is 8.19. The number of carbonyl (C=O) groups excluding carboxylic acids is 2. The average molecular weight is 299 g/mol. The summed E-state index contributed by atoms with van der Waals surface area (Å²) >= 11 is 0. The third kappa shape index (κ3) is 5.47. The predicted octanol–water partition coefficient (Wildman–Crippen LogP) is 3.70. The average Bonchev–Trinajstić information content (AvgIpc) is 2.54. The van der Waals surface area contributed by atoms with Crippen molar-refractivity contribution in [3.63, 3.8) is 0 Å². The van der Waals surface area contributed by atoms with Crippen LogP contribution in [0.5, 0.6) is 0 Å². The highest BCUT2D eigenvalue weighted by molar-refractivity contribution is 5.93. The van der Waals surface area contributed by atoms with Crippen molar-refractivity contribution in [1.29, 1.82) is 0 Å². The molecule has 2 rings (SSSR count). The van der Waals surface area contributed by atoms with Crippen LogP contribution in [0.4, 0.5) is 0 Å². The summed E-state index contributed by atoms with van der Waals surface area (Å²) in [6, 6.07) is 9.77. The number of nitrogens with zero attached hydrogens (tertiary/aromatic N) is 1. The lowest BCUT2D eigenvalue weighted by molar-refractivity contribution is -0.132. The van der Waals surface area contributed by atoms with Gasteiger partial charge in [0.15, 0.2) is 5.78 Å². The van der Waals surface area contributed by atoms with Gasteiger partial charge in [0.1, 0.15) is 0 Å². The molecule has 1 aromatic carbocycles. The van der Waals surface area contributed by atoms with E-state index >= 15 is 0 Å². The Morgan fingerprint density at radius 3 is 2.50 bits per heavy atom. The van der Waals surface area contributed by atoms with Gasteiger partial charge in [-0.05, 0) is 36.8 Å². The largest absolute Gasteiger partial charge is 0.343 e. The highest BCUT2D eigenvalue weighted by atomic mass is 16.2. The van der Waals surface area contributed by atoms with E-state index in [2.05, 4.69) is 6.92 Å². The van der Waals surface area contributed by atoms with E-state index in [4.69, 9.17) is 0 Å². The van der Waals surface area contributed by atoms with Crippen LogP contribution in [0.1, 0.15) is 44.6 Å². The van der Waals surface area contributed by atoms with Gasteiger partial charge in [-0.2, -0.15) is 0 Å². The number of benzene rings is 1. The van der Waals surface area contributed by atoms with Crippen LogP contribution in [0.2, 0.25) is 0 Å². The molecule has 1 fully saturated rings. The lowest BCUT2D eigenvalue weighted by Gasteiger charge is -2.30. The van der Waals surface area contributed by atoms with Crippen molar-refractivity contribution in [2.24, 2.45) is 5.92 Å². The second-order valence-electron chi connectivity index (χ2n) is 6.13. The Labute approximate surface area is 133 Å². The molecular formula is C19H25NO2. The molecule has 3 nitrogen and oxygen atoms in total. The number of rotatable bonds is 6. The van der Waals surface area contributed by atoms with E-state index in [9.17, 15) is 9.59 Å². The number of amides is 1. The van der Waals surface area contributed by atoms with Crippen LogP contribution in [0.15, 0.2) is 36.4 Å². The van der Waals surface area contributed by atoms with Gasteiger partial charge in [-0.25, -0.2) is 0 Å². The van der Waals surface area contributed by atoms with Crippen LogP contribution in [0.25, 0.3) is 6.08 Å². The second-order valence-corrected chi connectivity index (χ2v) is 6.13. The topological polar surface area (TPSA) is 37.4 Å². The van der Waals surface area contributed by atoms with E-state index in [1.165, 1.54) is 0 Å². The fourth-order valence-corrected chi connectivity index (χ4v) is 2.67. The van der Waals surface area contributed by atoms with Crippen molar-refractivity contribution in [2.75, 3.05) is 13.1 Å². The van der Waals surface area contributed by atoms with Crippen LogP contribution in [0, 0.1) is 5.92 Å². The van der Waals surface area contributed by atoms with Crippen LogP contribution >= 0.6 is 0 Å². The van der Waals surface area contributed by atoms with Gasteiger partial charge in [-0.15, -0.1) is 0 Å². The fourth-order valence-electron chi connectivity index (χ4n) is 2.67. The van der Waals surface area contributed by atoms with Crippen molar-refractivity contribution in [3.05, 3.63) is 42.0 Å². The van der Waals surface area contributed by atoms with Gasteiger partial charge in [0.2, 0.25) is 5.91 Å². The lowest BCUT2D eigenvalue weighted by atomic mass is 9.99. The Bertz CT molecular complexity index is 513. The van der Waals surface area contributed by atoms with Gasteiger partial charge >= 0.3 is 0 Å². The first-order chi connectivity index (χ1) is 10.6. The smallest absolute Gasteiger partial charge is 0.222 e. The van der Waals surface area contributed by atoms with E-state index in [1.54, 1.807) is 6.08 Å². The summed E-state index contributed by atoms with van der Waals surface area (Å²) in [7, 11) is 0. The zero-order valence-electron chi connectivity index (χ0n) is 13.3. The monoisotopic (exact) mass is 299 g/mol. The SMILES string of the molecule is CC1CCN(C(=O)CCCC(=O)/C=C/c2ccccc2)CC1. The fraction of sp³-hybridized carbons (Fsp3) is 0.474. The molecule has 1 aliphatic heterocycles. The molecule has 0 spiro atoms. The molecule has 0 N–H and O–H groups in total. The first kappa shape index (κ1) is 16.5. The van der Waals surface area contributed by atoms with Crippen molar-refractivity contribution in [2.45, 2.75) is 39.0 Å². The highest BCUT2D eigenvalue weighted by Crippen LogP contribution is 2.17. The van der Waals surface area contributed by atoms with E-state index in [1.807, 2.05) is 41.3 Å². The summed E-state index contributed by atoms with van der Waals surface area (Å²) in [4.78, 5) is 25.8. The van der Waals surface area contributed by atoms with Crippen LogP contribution in [-0.2, 0) is 9.59 Å². The highest BCUT2D eigenvalue weighted by Gasteiger charge is 2.19. The molecule has 1 saturated heterocycles. The van der Waals surface area contributed by atoms with Crippen LogP contribution in [-0.4, -0.2) is 29.7 Å². The van der Waals surface area contributed by atoms with Crippen molar-refractivity contribution in [1.82, 2.24) is 4.90 Å².